The number of ketones is 1. The minimum atomic E-state index is 0.228. The highest BCUT2D eigenvalue weighted by Crippen LogP contribution is 2.26. The predicted molar refractivity (Wildman–Crippen MR) is 76.6 cm³/mol. The lowest BCUT2D eigenvalue weighted by Gasteiger charge is -2.05. The number of rotatable bonds is 9. The molecule has 2 N–H and O–H groups in total. The van der Waals surface area contributed by atoms with Gasteiger partial charge in [0.1, 0.15) is 5.75 Å². The molecule has 0 spiro atoms. The van der Waals surface area contributed by atoms with Gasteiger partial charge in [0, 0.05) is 12.0 Å². The van der Waals surface area contributed by atoms with E-state index in [-0.39, 0.29) is 5.78 Å². The van der Waals surface area contributed by atoms with Crippen LogP contribution >= 0.6 is 0 Å². The van der Waals surface area contributed by atoms with E-state index in [1.807, 2.05) is 24.3 Å². The highest BCUT2D eigenvalue weighted by atomic mass is 16.5. The summed E-state index contributed by atoms with van der Waals surface area (Å²) in [4.78, 5) is 12.0. The second kappa shape index (κ2) is 7.29. The van der Waals surface area contributed by atoms with E-state index >= 15 is 0 Å². The Kier molecular flexibility index (Phi) is 5.40. The lowest BCUT2D eigenvalue weighted by Crippen LogP contribution is -2.01. The Morgan fingerprint density at radius 2 is 1.79 bits per heavy atom. The molecule has 104 valence electrons. The van der Waals surface area contributed by atoms with Crippen molar-refractivity contribution >= 4 is 5.78 Å². The zero-order valence-corrected chi connectivity index (χ0v) is 11.4. The van der Waals surface area contributed by atoms with Crippen LogP contribution in [0.4, 0.5) is 0 Å². The molecule has 0 unspecified atom stereocenters. The number of hydrogen-bond donors (Lipinski definition) is 1. The Morgan fingerprint density at radius 1 is 1.11 bits per heavy atom. The van der Waals surface area contributed by atoms with Crippen molar-refractivity contribution in [2.24, 2.45) is 5.73 Å². The average molecular weight is 261 g/mol. The third-order valence-corrected chi connectivity index (χ3v) is 3.36. The molecule has 1 saturated carbocycles. The molecule has 1 aromatic carbocycles. The van der Waals surface area contributed by atoms with Gasteiger partial charge in [-0.1, -0.05) is 12.8 Å². The number of benzene rings is 1. The summed E-state index contributed by atoms with van der Waals surface area (Å²) in [6, 6.07) is 7.56. The summed E-state index contributed by atoms with van der Waals surface area (Å²) in [6.07, 6.45) is 7.58. The van der Waals surface area contributed by atoms with Crippen LogP contribution in [0.15, 0.2) is 24.3 Å². The third-order valence-electron chi connectivity index (χ3n) is 3.36. The summed E-state index contributed by atoms with van der Waals surface area (Å²) < 4.78 is 5.66. The minimum Gasteiger partial charge on any atom is -0.490 e. The molecular formula is C16H23NO2. The van der Waals surface area contributed by atoms with E-state index < -0.39 is 0 Å². The van der Waals surface area contributed by atoms with E-state index in [0.717, 1.165) is 56.4 Å². The maximum Gasteiger partial charge on any atom is 0.162 e. The molecule has 2 rings (SSSR count). The van der Waals surface area contributed by atoms with Crippen LogP contribution in [0.1, 0.15) is 55.3 Å². The van der Waals surface area contributed by atoms with Crippen molar-refractivity contribution in [3.05, 3.63) is 29.8 Å². The summed E-state index contributed by atoms with van der Waals surface area (Å²) in [5.41, 5.74) is 6.23. The topological polar surface area (TPSA) is 52.3 Å². The zero-order chi connectivity index (χ0) is 13.5. The summed E-state index contributed by atoms with van der Waals surface area (Å²) in [6.45, 7) is 0.746. The van der Waals surface area contributed by atoms with Crippen molar-refractivity contribution in [2.45, 2.75) is 51.0 Å². The average Bonchev–Trinajstić information content (AvgIpc) is 3.23. The normalized spacial score (nSPS) is 14.4. The van der Waals surface area contributed by atoms with Gasteiger partial charge in [0.05, 0.1) is 6.10 Å². The third kappa shape index (κ3) is 5.03. The number of unbranched alkanes of at least 4 members (excludes halogenated alkanes) is 3. The molecule has 1 aliphatic rings. The number of hydrogen-bond acceptors (Lipinski definition) is 3. The van der Waals surface area contributed by atoms with Crippen molar-refractivity contribution in [1.29, 1.82) is 0 Å². The second-order valence-corrected chi connectivity index (χ2v) is 5.22. The van der Waals surface area contributed by atoms with Gasteiger partial charge in [-0.3, -0.25) is 4.79 Å². The van der Waals surface area contributed by atoms with Gasteiger partial charge < -0.3 is 10.5 Å². The molecule has 3 heteroatoms. The molecule has 19 heavy (non-hydrogen) atoms. The van der Waals surface area contributed by atoms with Crippen LogP contribution in [0.25, 0.3) is 0 Å². The Hall–Kier alpha value is -1.35. The van der Waals surface area contributed by atoms with Gasteiger partial charge in [0.25, 0.3) is 0 Å². The standard InChI is InChI=1S/C16H23NO2/c17-12-4-2-1-3-5-16(18)13-6-8-14(9-7-13)19-15-10-11-15/h6-9,15H,1-5,10-12,17H2. The molecule has 0 heterocycles. The molecule has 0 aliphatic heterocycles. The molecule has 0 bridgehead atoms. The van der Waals surface area contributed by atoms with E-state index in [9.17, 15) is 4.79 Å². The molecule has 1 aromatic rings. The van der Waals surface area contributed by atoms with Gasteiger partial charge in [-0.05, 0) is 56.5 Å². The maximum atomic E-state index is 12.0. The highest BCUT2D eigenvalue weighted by molar-refractivity contribution is 5.96. The summed E-state index contributed by atoms with van der Waals surface area (Å²) in [5.74, 6) is 1.10. The van der Waals surface area contributed by atoms with E-state index in [1.54, 1.807) is 0 Å². The molecule has 0 saturated heterocycles. The maximum absolute atomic E-state index is 12.0. The molecular weight excluding hydrogens is 238 g/mol. The minimum absolute atomic E-state index is 0.228. The number of nitrogens with two attached hydrogens (primary N) is 1. The van der Waals surface area contributed by atoms with Crippen LogP contribution in [0, 0.1) is 0 Å². The lowest BCUT2D eigenvalue weighted by molar-refractivity contribution is 0.0979. The van der Waals surface area contributed by atoms with Gasteiger partial charge >= 0.3 is 0 Å². The van der Waals surface area contributed by atoms with Crippen molar-refractivity contribution in [3.8, 4) is 5.75 Å². The van der Waals surface area contributed by atoms with E-state index in [2.05, 4.69) is 0 Å². The monoisotopic (exact) mass is 261 g/mol. The number of Topliss-reactive ketones (excluding diaryl/α,β-unsaturated/α-hetero) is 1. The quantitative estimate of drug-likeness (QED) is 0.548. The van der Waals surface area contributed by atoms with Gasteiger partial charge in [-0.15, -0.1) is 0 Å². The van der Waals surface area contributed by atoms with Crippen LogP contribution in [-0.2, 0) is 0 Å². The van der Waals surface area contributed by atoms with E-state index in [0.29, 0.717) is 12.5 Å². The van der Waals surface area contributed by atoms with Crippen LogP contribution < -0.4 is 10.5 Å². The second-order valence-electron chi connectivity index (χ2n) is 5.22. The molecule has 0 radical (unpaired) electrons. The number of carbonyl (C=O) groups is 1. The Balaban J connectivity index is 1.72. The fourth-order valence-electron chi connectivity index (χ4n) is 2.03. The zero-order valence-electron chi connectivity index (χ0n) is 11.4. The van der Waals surface area contributed by atoms with Crippen molar-refractivity contribution < 1.29 is 9.53 Å². The van der Waals surface area contributed by atoms with E-state index in [1.165, 1.54) is 0 Å². The molecule has 1 fully saturated rings. The SMILES string of the molecule is NCCCCCCC(=O)c1ccc(OC2CC2)cc1. The van der Waals surface area contributed by atoms with Crippen LogP contribution in [0.3, 0.4) is 0 Å². The van der Waals surface area contributed by atoms with Crippen molar-refractivity contribution in [2.75, 3.05) is 6.54 Å². The van der Waals surface area contributed by atoms with Crippen LogP contribution in [-0.4, -0.2) is 18.4 Å². The molecule has 0 atom stereocenters. The van der Waals surface area contributed by atoms with Crippen molar-refractivity contribution in [1.82, 2.24) is 0 Å². The van der Waals surface area contributed by atoms with Gasteiger partial charge in [0.15, 0.2) is 5.78 Å². The molecule has 0 amide bonds. The van der Waals surface area contributed by atoms with Gasteiger partial charge in [-0.2, -0.15) is 0 Å². The summed E-state index contributed by atoms with van der Waals surface area (Å²) in [5, 5.41) is 0. The summed E-state index contributed by atoms with van der Waals surface area (Å²) in [7, 11) is 0. The fourth-order valence-corrected chi connectivity index (χ4v) is 2.03. The molecule has 0 aromatic heterocycles. The summed E-state index contributed by atoms with van der Waals surface area (Å²) >= 11 is 0. The first-order chi connectivity index (χ1) is 9.29. The largest absolute Gasteiger partial charge is 0.490 e. The smallest absolute Gasteiger partial charge is 0.162 e. The number of carbonyl (C=O) groups excluding carboxylic acids is 1. The lowest BCUT2D eigenvalue weighted by atomic mass is 10.0. The Morgan fingerprint density at radius 3 is 2.42 bits per heavy atom. The fraction of sp³-hybridized carbons (Fsp3) is 0.562. The Bertz CT molecular complexity index is 396. The first-order valence-corrected chi connectivity index (χ1v) is 7.29. The number of ether oxygens (including phenoxy) is 1. The van der Waals surface area contributed by atoms with Crippen molar-refractivity contribution in [3.63, 3.8) is 0 Å². The van der Waals surface area contributed by atoms with Crippen LogP contribution in [0.5, 0.6) is 5.75 Å². The van der Waals surface area contributed by atoms with Crippen LogP contribution in [0.2, 0.25) is 0 Å². The predicted octanol–water partition coefficient (Wildman–Crippen LogP) is 3.32. The van der Waals surface area contributed by atoms with E-state index in [4.69, 9.17) is 10.5 Å². The first-order valence-electron chi connectivity index (χ1n) is 7.29. The highest BCUT2D eigenvalue weighted by Gasteiger charge is 2.23. The molecule has 1 aliphatic carbocycles. The van der Waals surface area contributed by atoms with Gasteiger partial charge in [0.2, 0.25) is 0 Å². The first kappa shape index (κ1) is 14.1. The van der Waals surface area contributed by atoms with Gasteiger partial charge in [-0.25, -0.2) is 0 Å². The Labute approximate surface area is 115 Å². The molecule has 3 nitrogen and oxygen atoms in total.